The van der Waals surface area contributed by atoms with E-state index in [0.717, 1.165) is 23.4 Å². The molecule has 7 nitrogen and oxygen atoms in total. The van der Waals surface area contributed by atoms with Gasteiger partial charge in [0.25, 0.3) is 0 Å². The highest BCUT2D eigenvalue weighted by Gasteiger charge is 2.29. The molecule has 2 rings (SSSR count). The van der Waals surface area contributed by atoms with Gasteiger partial charge >= 0.3 is 0 Å². The third-order valence-electron chi connectivity index (χ3n) is 4.02. The van der Waals surface area contributed by atoms with Crippen LogP contribution in [0.4, 0.5) is 5.69 Å². The normalized spacial score (nSPS) is 18.6. The van der Waals surface area contributed by atoms with Crippen LogP contribution in [0.2, 0.25) is 0 Å². The van der Waals surface area contributed by atoms with E-state index >= 15 is 0 Å². The maximum Gasteiger partial charge on any atom is 0.243 e. The number of sulfonamides is 1. The van der Waals surface area contributed by atoms with E-state index in [1.54, 1.807) is 31.2 Å². The van der Waals surface area contributed by atoms with Gasteiger partial charge in [0.2, 0.25) is 15.9 Å². The van der Waals surface area contributed by atoms with E-state index in [9.17, 15) is 13.2 Å². The summed E-state index contributed by atoms with van der Waals surface area (Å²) in [4.78, 5) is 12.4. The molecule has 140 valence electrons. The van der Waals surface area contributed by atoms with Gasteiger partial charge in [-0.25, -0.2) is 8.42 Å². The summed E-state index contributed by atoms with van der Waals surface area (Å²) in [6, 6.07) is 5.78. The van der Waals surface area contributed by atoms with Crippen molar-refractivity contribution in [2.45, 2.75) is 38.8 Å². The Kier molecular flexibility index (Phi) is 6.66. The molecule has 2 atom stereocenters. The molecule has 1 aliphatic heterocycles. The van der Waals surface area contributed by atoms with E-state index in [1.807, 2.05) is 6.92 Å². The minimum Gasteiger partial charge on any atom is -0.494 e. The number of rotatable bonds is 8. The molecule has 25 heavy (non-hydrogen) atoms. The first kappa shape index (κ1) is 19.5. The molecular weight excluding hydrogens is 344 g/mol. The van der Waals surface area contributed by atoms with Gasteiger partial charge in [0, 0.05) is 13.2 Å². The van der Waals surface area contributed by atoms with Gasteiger partial charge in [0.05, 0.1) is 24.7 Å². The van der Waals surface area contributed by atoms with E-state index in [0.29, 0.717) is 31.2 Å². The maximum absolute atomic E-state index is 12.4. The molecule has 0 spiro atoms. The van der Waals surface area contributed by atoms with Gasteiger partial charge in [0.15, 0.2) is 0 Å². The molecule has 0 radical (unpaired) electrons. The minimum atomic E-state index is -3.62. The second-order valence-corrected chi connectivity index (χ2v) is 7.90. The molecule has 8 heteroatoms. The second-order valence-electron chi connectivity index (χ2n) is 6.04. The Labute approximate surface area is 149 Å². The smallest absolute Gasteiger partial charge is 0.243 e. The molecule has 0 saturated carbocycles. The van der Waals surface area contributed by atoms with Crippen LogP contribution in [0, 0.1) is 0 Å². The van der Waals surface area contributed by atoms with E-state index in [1.165, 1.54) is 0 Å². The highest BCUT2D eigenvalue weighted by molar-refractivity contribution is 7.92. The molecule has 1 amide bonds. The fourth-order valence-electron chi connectivity index (χ4n) is 2.83. The lowest BCUT2D eigenvalue weighted by Gasteiger charge is -2.28. The maximum atomic E-state index is 12.4. The van der Waals surface area contributed by atoms with Crippen molar-refractivity contribution in [1.82, 2.24) is 5.32 Å². The Morgan fingerprint density at radius 2 is 2.08 bits per heavy atom. The topological polar surface area (TPSA) is 84.9 Å². The molecule has 1 saturated heterocycles. The predicted octanol–water partition coefficient (Wildman–Crippen LogP) is 1.53. The number of anilines is 1. The second kappa shape index (κ2) is 8.53. The van der Waals surface area contributed by atoms with Crippen molar-refractivity contribution in [1.29, 1.82) is 0 Å². The summed E-state index contributed by atoms with van der Waals surface area (Å²) >= 11 is 0. The number of amides is 1. The van der Waals surface area contributed by atoms with Gasteiger partial charge in [-0.15, -0.1) is 0 Å². The quantitative estimate of drug-likeness (QED) is 0.750. The van der Waals surface area contributed by atoms with Crippen LogP contribution in [0.5, 0.6) is 5.75 Å². The average Bonchev–Trinajstić information content (AvgIpc) is 3.07. The SMILES string of the molecule is CCOc1ccc(N([C@@H](C)C(=O)NC[C@H]2CCCO2)S(C)(=O)=O)cc1. The van der Waals surface area contributed by atoms with Gasteiger partial charge < -0.3 is 14.8 Å². The van der Waals surface area contributed by atoms with Gasteiger partial charge in [-0.2, -0.15) is 0 Å². The van der Waals surface area contributed by atoms with Gasteiger partial charge in [0.1, 0.15) is 11.8 Å². The lowest BCUT2D eigenvalue weighted by atomic mass is 10.2. The van der Waals surface area contributed by atoms with E-state index in [4.69, 9.17) is 9.47 Å². The number of carbonyl (C=O) groups is 1. The largest absolute Gasteiger partial charge is 0.494 e. The highest BCUT2D eigenvalue weighted by Crippen LogP contribution is 2.24. The summed E-state index contributed by atoms with van der Waals surface area (Å²) in [5.41, 5.74) is 0.422. The van der Waals surface area contributed by atoms with Crippen molar-refractivity contribution in [2.75, 3.05) is 30.3 Å². The minimum absolute atomic E-state index is 0.00769. The molecule has 1 fully saturated rings. The van der Waals surface area contributed by atoms with Crippen LogP contribution in [-0.2, 0) is 19.6 Å². The molecule has 0 unspecified atom stereocenters. The van der Waals surface area contributed by atoms with Crippen molar-refractivity contribution in [3.05, 3.63) is 24.3 Å². The third kappa shape index (κ3) is 5.34. The zero-order valence-electron chi connectivity index (χ0n) is 14.9. The van der Waals surface area contributed by atoms with Crippen LogP contribution in [0.25, 0.3) is 0 Å². The number of carbonyl (C=O) groups excluding carboxylic acids is 1. The van der Waals surface area contributed by atoms with Crippen LogP contribution >= 0.6 is 0 Å². The average molecular weight is 370 g/mol. The number of nitrogens with one attached hydrogen (secondary N) is 1. The molecule has 0 bridgehead atoms. The number of nitrogens with zero attached hydrogens (tertiary/aromatic N) is 1. The molecule has 1 N–H and O–H groups in total. The molecule has 1 aromatic rings. The van der Waals surface area contributed by atoms with Crippen molar-refractivity contribution in [3.63, 3.8) is 0 Å². The summed E-state index contributed by atoms with van der Waals surface area (Å²) in [5, 5.41) is 2.78. The molecule has 0 aromatic heterocycles. The molecule has 1 aliphatic rings. The van der Waals surface area contributed by atoms with Crippen molar-refractivity contribution < 1.29 is 22.7 Å². The first-order valence-electron chi connectivity index (χ1n) is 8.44. The zero-order chi connectivity index (χ0) is 18.4. The van der Waals surface area contributed by atoms with Gasteiger partial charge in [-0.1, -0.05) is 0 Å². The lowest BCUT2D eigenvalue weighted by molar-refractivity contribution is -0.122. The third-order valence-corrected chi connectivity index (χ3v) is 5.26. The van der Waals surface area contributed by atoms with Crippen molar-refractivity contribution >= 4 is 21.6 Å². The lowest BCUT2D eigenvalue weighted by Crippen LogP contribution is -2.49. The Balaban J connectivity index is 2.11. The van der Waals surface area contributed by atoms with Crippen LogP contribution in [0.1, 0.15) is 26.7 Å². The summed E-state index contributed by atoms with van der Waals surface area (Å²) in [5.74, 6) is 0.296. The molecule has 1 heterocycles. The number of hydrogen-bond acceptors (Lipinski definition) is 5. The standard InChI is InChI=1S/C17H26N2O5S/c1-4-23-15-9-7-14(8-10-15)19(25(3,21)22)13(2)17(20)18-12-16-6-5-11-24-16/h7-10,13,16H,4-6,11-12H2,1-3H3,(H,18,20)/t13-,16+/m0/s1. The molecular formula is C17H26N2O5S. The summed E-state index contributed by atoms with van der Waals surface area (Å²) in [6.07, 6.45) is 2.99. The van der Waals surface area contributed by atoms with Crippen LogP contribution in [0.3, 0.4) is 0 Å². The van der Waals surface area contributed by atoms with Crippen molar-refractivity contribution in [2.24, 2.45) is 0 Å². The van der Waals surface area contributed by atoms with E-state index in [2.05, 4.69) is 5.32 Å². The molecule has 0 aliphatic carbocycles. The fraction of sp³-hybridized carbons (Fsp3) is 0.588. The van der Waals surface area contributed by atoms with Crippen LogP contribution in [-0.4, -0.2) is 52.5 Å². The van der Waals surface area contributed by atoms with Crippen LogP contribution in [0.15, 0.2) is 24.3 Å². The van der Waals surface area contributed by atoms with Gasteiger partial charge in [-0.05, 0) is 51.0 Å². The first-order valence-corrected chi connectivity index (χ1v) is 10.3. The summed E-state index contributed by atoms with van der Waals surface area (Å²) in [6.45, 7) is 5.07. The van der Waals surface area contributed by atoms with E-state index in [-0.39, 0.29) is 12.0 Å². The summed E-state index contributed by atoms with van der Waals surface area (Å²) in [7, 11) is -3.62. The molecule has 1 aromatic carbocycles. The Morgan fingerprint density at radius 3 is 2.60 bits per heavy atom. The Bertz CT molecular complexity index is 669. The van der Waals surface area contributed by atoms with E-state index < -0.39 is 16.1 Å². The first-order chi connectivity index (χ1) is 11.8. The van der Waals surface area contributed by atoms with Crippen LogP contribution < -0.4 is 14.4 Å². The number of benzene rings is 1. The Morgan fingerprint density at radius 1 is 1.40 bits per heavy atom. The zero-order valence-corrected chi connectivity index (χ0v) is 15.7. The van der Waals surface area contributed by atoms with Crippen molar-refractivity contribution in [3.8, 4) is 5.75 Å². The predicted molar refractivity (Wildman–Crippen MR) is 96.4 cm³/mol. The van der Waals surface area contributed by atoms with Gasteiger partial charge in [-0.3, -0.25) is 9.10 Å². The number of hydrogen-bond donors (Lipinski definition) is 1. The summed E-state index contributed by atoms with van der Waals surface area (Å²) < 4.78 is 36.4. The number of ether oxygens (including phenoxy) is 2. The Hall–Kier alpha value is -1.80. The fourth-order valence-corrected chi connectivity index (χ4v) is 4.01. The monoisotopic (exact) mass is 370 g/mol. The highest BCUT2D eigenvalue weighted by atomic mass is 32.2.